The SMILES string of the molecule is CC(C)(C)c1ccc(C[NH2+]Cc2ccc(C[P+](c3ccccc3)(c3ccccc3)c3ccccc3)cc2)cc1. The van der Waals surface area contributed by atoms with Crippen LogP contribution in [0.5, 0.6) is 0 Å². The fourth-order valence-corrected chi connectivity index (χ4v) is 9.61. The number of quaternary nitrogens is 1. The molecule has 0 aromatic heterocycles. The van der Waals surface area contributed by atoms with Gasteiger partial charge >= 0.3 is 0 Å². The highest BCUT2D eigenvalue weighted by Crippen LogP contribution is 2.58. The Kier molecular flexibility index (Phi) is 8.41. The minimum atomic E-state index is -1.88. The van der Waals surface area contributed by atoms with Crippen molar-refractivity contribution in [2.24, 2.45) is 0 Å². The molecule has 0 bridgehead atoms. The molecule has 0 fully saturated rings. The van der Waals surface area contributed by atoms with Crippen LogP contribution >= 0.6 is 7.26 Å². The molecule has 0 heterocycles. The summed E-state index contributed by atoms with van der Waals surface area (Å²) in [5.41, 5.74) is 5.73. The maximum atomic E-state index is 2.40. The molecule has 2 N–H and O–H groups in total. The average Bonchev–Trinajstić information content (AvgIpc) is 2.98. The van der Waals surface area contributed by atoms with Crippen LogP contribution < -0.4 is 21.2 Å². The standard InChI is InChI=1S/C37H39NP/c1-37(2,3)33-25-23-31(24-26-33)28-38-27-30-19-21-32(22-20-30)29-39(34-13-7-4-8-14-34,35-15-9-5-10-16-35)36-17-11-6-12-18-36/h4-26,38H,27-29H2,1-3H3/q+1/p+1. The van der Waals surface area contributed by atoms with E-state index in [1.54, 1.807) is 0 Å². The van der Waals surface area contributed by atoms with Crippen molar-refractivity contribution in [1.82, 2.24) is 0 Å². The van der Waals surface area contributed by atoms with Gasteiger partial charge in [-0.1, -0.05) is 124 Å². The number of hydrogen-bond acceptors (Lipinski definition) is 0. The highest BCUT2D eigenvalue weighted by Gasteiger charge is 2.45. The van der Waals surface area contributed by atoms with Gasteiger partial charge in [0.05, 0.1) is 6.16 Å². The van der Waals surface area contributed by atoms with Gasteiger partial charge in [-0.05, 0) is 52.9 Å². The molecule has 5 rings (SSSR count). The van der Waals surface area contributed by atoms with Crippen molar-refractivity contribution in [2.45, 2.75) is 45.4 Å². The number of benzene rings is 5. The Hall–Kier alpha value is -3.51. The normalized spacial score (nSPS) is 11.9. The first-order chi connectivity index (χ1) is 18.9. The van der Waals surface area contributed by atoms with E-state index in [4.69, 9.17) is 0 Å². The number of rotatable bonds is 9. The Morgan fingerprint density at radius 2 is 0.821 bits per heavy atom. The number of hydrogen-bond donors (Lipinski definition) is 1. The van der Waals surface area contributed by atoms with Crippen molar-refractivity contribution in [3.63, 3.8) is 0 Å². The maximum Gasteiger partial charge on any atom is 0.116 e. The zero-order valence-electron chi connectivity index (χ0n) is 23.4. The van der Waals surface area contributed by atoms with E-state index >= 15 is 0 Å². The fourth-order valence-electron chi connectivity index (χ4n) is 5.37. The Morgan fingerprint density at radius 1 is 0.462 bits per heavy atom. The first kappa shape index (κ1) is 27.1. The summed E-state index contributed by atoms with van der Waals surface area (Å²) in [6, 6.07) is 51.9. The van der Waals surface area contributed by atoms with E-state index in [9.17, 15) is 0 Å². The third-order valence-electron chi connectivity index (χ3n) is 7.61. The van der Waals surface area contributed by atoms with Crippen LogP contribution in [-0.4, -0.2) is 0 Å². The van der Waals surface area contributed by atoms with Crippen molar-refractivity contribution in [3.05, 3.63) is 162 Å². The van der Waals surface area contributed by atoms with Crippen LogP contribution in [0.2, 0.25) is 0 Å². The topological polar surface area (TPSA) is 16.6 Å². The molecule has 5 aromatic carbocycles. The molecule has 0 saturated carbocycles. The molecule has 0 aliphatic heterocycles. The Morgan fingerprint density at radius 3 is 1.21 bits per heavy atom. The van der Waals surface area contributed by atoms with Crippen LogP contribution in [-0.2, 0) is 24.7 Å². The van der Waals surface area contributed by atoms with E-state index in [1.807, 2.05) is 0 Å². The van der Waals surface area contributed by atoms with Gasteiger partial charge in [-0.3, -0.25) is 0 Å². The van der Waals surface area contributed by atoms with Crippen LogP contribution in [0.3, 0.4) is 0 Å². The van der Waals surface area contributed by atoms with Crippen LogP contribution in [0.15, 0.2) is 140 Å². The smallest absolute Gasteiger partial charge is 0.116 e. The summed E-state index contributed by atoms with van der Waals surface area (Å²) in [6.45, 7) is 8.78. The second kappa shape index (κ2) is 12.1. The predicted octanol–water partition coefficient (Wildman–Crippen LogP) is 6.74. The van der Waals surface area contributed by atoms with Crippen LogP contribution in [0.4, 0.5) is 0 Å². The quantitative estimate of drug-likeness (QED) is 0.204. The van der Waals surface area contributed by atoms with Crippen LogP contribution in [0.25, 0.3) is 0 Å². The molecule has 0 saturated heterocycles. The molecule has 0 aliphatic rings. The first-order valence-corrected chi connectivity index (χ1v) is 16.0. The van der Waals surface area contributed by atoms with Crippen molar-refractivity contribution in [1.29, 1.82) is 0 Å². The van der Waals surface area contributed by atoms with Crippen LogP contribution in [0.1, 0.15) is 43.0 Å². The molecular weight excluding hydrogens is 489 g/mol. The minimum Gasteiger partial charge on any atom is -0.339 e. The largest absolute Gasteiger partial charge is 0.339 e. The van der Waals surface area contributed by atoms with Gasteiger partial charge in [0.1, 0.15) is 36.3 Å². The Balaban J connectivity index is 1.36. The van der Waals surface area contributed by atoms with Crippen LogP contribution in [0, 0.1) is 0 Å². The Bertz CT molecular complexity index is 1340. The van der Waals surface area contributed by atoms with E-state index in [2.05, 4.69) is 166 Å². The summed E-state index contributed by atoms with van der Waals surface area (Å²) in [5, 5.41) is 6.68. The number of nitrogens with two attached hydrogens (primary N) is 1. The summed E-state index contributed by atoms with van der Waals surface area (Å²) in [7, 11) is -1.88. The highest BCUT2D eigenvalue weighted by atomic mass is 31.2. The zero-order chi connectivity index (χ0) is 27.1. The first-order valence-electron chi connectivity index (χ1n) is 14.0. The van der Waals surface area contributed by atoms with Crippen molar-refractivity contribution >= 4 is 23.2 Å². The zero-order valence-corrected chi connectivity index (χ0v) is 24.3. The third kappa shape index (κ3) is 6.39. The second-order valence-electron chi connectivity index (χ2n) is 11.4. The maximum absolute atomic E-state index is 2.40. The second-order valence-corrected chi connectivity index (χ2v) is 14.9. The molecule has 196 valence electrons. The summed E-state index contributed by atoms with van der Waals surface area (Å²) in [6.07, 6.45) is 1.01. The molecule has 0 radical (unpaired) electrons. The van der Waals surface area contributed by atoms with Gasteiger partial charge in [-0.2, -0.15) is 0 Å². The molecular formula is C37H40NP+2. The Labute approximate surface area is 235 Å². The predicted molar refractivity (Wildman–Crippen MR) is 170 cm³/mol. The average molecular weight is 530 g/mol. The van der Waals surface area contributed by atoms with Gasteiger partial charge in [0.2, 0.25) is 0 Å². The van der Waals surface area contributed by atoms with E-state index in [0.29, 0.717) is 0 Å². The molecule has 2 heteroatoms. The monoisotopic (exact) mass is 529 g/mol. The van der Waals surface area contributed by atoms with Gasteiger partial charge < -0.3 is 5.32 Å². The lowest BCUT2D eigenvalue weighted by atomic mass is 9.87. The summed E-state index contributed by atoms with van der Waals surface area (Å²) >= 11 is 0. The van der Waals surface area contributed by atoms with E-state index in [-0.39, 0.29) is 5.41 Å². The fraction of sp³-hybridized carbons (Fsp3) is 0.189. The van der Waals surface area contributed by atoms with Crippen molar-refractivity contribution in [3.8, 4) is 0 Å². The lowest BCUT2D eigenvalue weighted by Crippen LogP contribution is -2.80. The minimum absolute atomic E-state index is 0.200. The van der Waals surface area contributed by atoms with E-state index < -0.39 is 7.26 Å². The molecule has 0 aliphatic carbocycles. The summed E-state index contributed by atoms with van der Waals surface area (Å²) in [4.78, 5) is 0. The molecule has 0 amide bonds. The summed E-state index contributed by atoms with van der Waals surface area (Å²) in [5.74, 6) is 0. The molecule has 0 unspecified atom stereocenters. The lowest BCUT2D eigenvalue weighted by Gasteiger charge is -2.28. The highest BCUT2D eigenvalue weighted by molar-refractivity contribution is 7.95. The molecule has 1 nitrogen and oxygen atoms in total. The molecule has 0 spiro atoms. The van der Waals surface area contributed by atoms with Gasteiger partial charge in [0.15, 0.2) is 0 Å². The van der Waals surface area contributed by atoms with E-state index in [0.717, 1.165) is 19.3 Å². The summed E-state index contributed by atoms with van der Waals surface area (Å²) < 4.78 is 0. The molecule has 0 atom stereocenters. The van der Waals surface area contributed by atoms with Crippen molar-refractivity contribution < 1.29 is 5.32 Å². The third-order valence-corrected chi connectivity index (χ3v) is 12.0. The molecule has 5 aromatic rings. The van der Waals surface area contributed by atoms with Gasteiger partial charge in [0, 0.05) is 11.1 Å². The molecule has 39 heavy (non-hydrogen) atoms. The van der Waals surface area contributed by atoms with Gasteiger partial charge in [0.25, 0.3) is 0 Å². The van der Waals surface area contributed by atoms with Gasteiger partial charge in [-0.15, -0.1) is 0 Å². The van der Waals surface area contributed by atoms with Gasteiger partial charge in [-0.25, -0.2) is 0 Å². The van der Waals surface area contributed by atoms with E-state index in [1.165, 1.54) is 38.2 Å². The van der Waals surface area contributed by atoms with Crippen molar-refractivity contribution in [2.75, 3.05) is 0 Å². The lowest BCUT2D eigenvalue weighted by molar-refractivity contribution is -0.686.